The van der Waals surface area contributed by atoms with Crippen molar-refractivity contribution in [2.45, 2.75) is 19.8 Å². The Morgan fingerprint density at radius 1 is 1.46 bits per heavy atom. The quantitative estimate of drug-likeness (QED) is 0.350. The minimum atomic E-state index is -3.99. The summed E-state index contributed by atoms with van der Waals surface area (Å²) in [4.78, 5) is 0. The predicted molar refractivity (Wildman–Crippen MR) is 55.1 cm³/mol. The van der Waals surface area contributed by atoms with E-state index in [9.17, 15) is 8.42 Å². The summed E-state index contributed by atoms with van der Waals surface area (Å²) in [7, 11) is -3.99. The molecule has 0 saturated carbocycles. The summed E-state index contributed by atoms with van der Waals surface area (Å²) >= 11 is 4.74. The lowest BCUT2D eigenvalue weighted by Gasteiger charge is -2.07. The van der Waals surface area contributed by atoms with Crippen LogP contribution in [0.2, 0.25) is 0 Å². The van der Waals surface area contributed by atoms with Gasteiger partial charge in [-0.25, -0.2) is 0 Å². The van der Waals surface area contributed by atoms with Crippen molar-refractivity contribution >= 4 is 27.4 Å². The lowest BCUT2D eigenvalue weighted by Crippen LogP contribution is -2.38. The monoisotopic (exact) mass is 226 g/mol. The van der Waals surface area contributed by atoms with Crippen LogP contribution in [0.5, 0.6) is 0 Å². The van der Waals surface area contributed by atoms with Gasteiger partial charge in [0, 0.05) is 6.54 Å². The molecular formula is C6H14N2O3S2. The lowest BCUT2D eigenvalue weighted by atomic mass is 10.3. The van der Waals surface area contributed by atoms with Crippen LogP contribution in [0.1, 0.15) is 19.8 Å². The fourth-order valence-electron chi connectivity index (χ4n) is 0.598. The standard InChI is InChI=1S/C6H14N2O3S2/c1-2-3-4-7-6(12)8-5-13(9,10)11/h2-5H2,1H3,(H2,7,8,12)(H,9,10,11). The zero-order valence-corrected chi connectivity index (χ0v) is 9.04. The number of thiocarbonyl (C=S) groups is 1. The molecular weight excluding hydrogens is 212 g/mol. The van der Waals surface area contributed by atoms with Crippen molar-refractivity contribution in [2.75, 3.05) is 12.4 Å². The van der Waals surface area contributed by atoms with Gasteiger partial charge in [0.05, 0.1) is 0 Å². The molecule has 0 bridgehead atoms. The van der Waals surface area contributed by atoms with Gasteiger partial charge in [-0.2, -0.15) is 8.42 Å². The summed E-state index contributed by atoms with van der Waals surface area (Å²) in [6.07, 6.45) is 2.00. The third-order valence-corrected chi connectivity index (χ3v) is 2.03. The number of hydrogen-bond acceptors (Lipinski definition) is 3. The molecule has 0 aromatic heterocycles. The van der Waals surface area contributed by atoms with Gasteiger partial charge in [-0.1, -0.05) is 13.3 Å². The normalized spacial score (nSPS) is 10.9. The maximum Gasteiger partial charge on any atom is 0.283 e. The second kappa shape index (κ2) is 6.11. The second-order valence-corrected chi connectivity index (χ2v) is 4.37. The SMILES string of the molecule is CCCCNC(=S)NCS(=O)(=O)O. The molecule has 0 fully saturated rings. The van der Waals surface area contributed by atoms with Crippen molar-refractivity contribution in [3.05, 3.63) is 0 Å². The average Bonchev–Trinajstić information content (AvgIpc) is 2.00. The summed E-state index contributed by atoms with van der Waals surface area (Å²) in [5, 5.41) is 5.41. The molecule has 0 amide bonds. The third-order valence-electron chi connectivity index (χ3n) is 1.23. The van der Waals surface area contributed by atoms with E-state index in [1.165, 1.54) is 0 Å². The Morgan fingerprint density at radius 3 is 2.54 bits per heavy atom. The highest BCUT2D eigenvalue weighted by molar-refractivity contribution is 7.85. The van der Waals surface area contributed by atoms with Gasteiger partial charge in [0.2, 0.25) is 0 Å². The molecule has 0 rings (SSSR count). The van der Waals surface area contributed by atoms with Gasteiger partial charge in [-0.15, -0.1) is 0 Å². The molecule has 3 N–H and O–H groups in total. The van der Waals surface area contributed by atoms with E-state index >= 15 is 0 Å². The van der Waals surface area contributed by atoms with Crippen LogP contribution in [-0.4, -0.2) is 30.5 Å². The van der Waals surface area contributed by atoms with E-state index in [0.717, 1.165) is 12.8 Å². The van der Waals surface area contributed by atoms with Gasteiger partial charge in [0.15, 0.2) is 5.11 Å². The maximum absolute atomic E-state index is 10.3. The van der Waals surface area contributed by atoms with Crippen LogP contribution in [0.4, 0.5) is 0 Å². The molecule has 0 radical (unpaired) electrons. The van der Waals surface area contributed by atoms with E-state index in [1.807, 2.05) is 6.92 Å². The first-order chi connectivity index (χ1) is 5.95. The Hall–Kier alpha value is -0.400. The molecule has 0 spiro atoms. The van der Waals surface area contributed by atoms with E-state index in [4.69, 9.17) is 16.8 Å². The number of rotatable bonds is 5. The molecule has 0 unspecified atom stereocenters. The van der Waals surface area contributed by atoms with Crippen molar-refractivity contribution in [1.29, 1.82) is 0 Å². The fraction of sp³-hybridized carbons (Fsp3) is 0.833. The third kappa shape index (κ3) is 9.51. The summed E-state index contributed by atoms with van der Waals surface area (Å²) in [5.41, 5.74) is 0. The molecule has 0 aliphatic carbocycles. The highest BCUT2D eigenvalue weighted by atomic mass is 32.2. The van der Waals surface area contributed by atoms with Crippen LogP contribution in [0.15, 0.2) is 0 Å². The van der Waals surface area contributed by atoms with Crippen LogP contribution in [0.25, 0.3) is 0 Å². The minimum absolute atomic E-state index is 0.242. The van der Waals surface area contributed by atoms with E-state index in [0.29, 0.717) is 6.54 Å². The maximum atomic E-state index is 10.3. The molecule has 78 valence electrons. The smallest absolute Gasteiger partial charge is 0.283 e. The van der Waals surface area contributed by atoms with Crippen LogP contribution < -0.4 is 10.6 Å². The van der Waals surface area contributed by atoms with E-state index in [-0.39, 0.29) is 5.11 Å². The second-order valence-electron chi connectivity index (χ2n) is 2.51. The van der Waals surface area contributed by atoms with Crippen molar-refractivity contribution in [2.24, 2.45) is 0 Å². The Bertz CT molecular complexity index is 251. The molecule has 0 aromatic carbocycles. The number of unbranched alkanes of at least 4 members (excludes halogenated alkanes) is 1. The van der Waals surface area contributed by atoms with Crippen molar-refractivity contribution in [3.8, 4) is 0 Å². The van der Waals surface area contributed by atoms with Gasteiger partial charge in [0.1, 0.15) is 5.88 Å². The molecule has 0 aliphatic rings. The van der Waals surface area contributed by atoms with Crippen LogP contribution in [-0.2, 0) is 10.1 Å². The number of nitrogens with one attached hydrogen (secondary N) is 2. The topological polar surface area (TPSA) is 78.4 Å². The summed E-state index contributed by atoms with van der Waals surface area (Å²) in [6, 6.07) is 0. The molecule has 0 atom stereocenters. The lowest BCUT2D eigenvalue weighted by molar-refractivity contribution is 0.481. The van der Waals surface area contributed by atoms with Gasteiger partial charge < -0.3 is 10.6 Å². The molecule has 0 aromatic rings. The zero-order valence-electron chi connectivity index (χ0n) is 7.41. The minimum Gasteiger partial charge on any atom is -0.363 e. The van der Waals surface area contributed by atoms with Crippen LogP contribution in [0.3, 0.4) is 0 Å². The van der Waals surface area contributed by atoms with Crippen LogP contribution >= 0.6 is 12.2 Å². The van der Waals surface area contributed by atoms with Gasteiger partial charge in [0.25, 0.3) is 10.1 Å². The summed E-state index contributed by atoms with van der Waals surface area (Å²) in [5.74, 6) is -0.551. The Labute approximate surface area is 83.7 Å². The average molecular weight is 226 g/mol. The van der Waals surface area contributed by atoms with Gasteiger partial charge in [-0.3, -0.25) is 4.55 Å². The Kier molecular flexibility index (Phi) is 5.93. The van der Waals surface area contributed by atoms with E-state index < -0.39 is 16.0 Å². The molecule has 0 heterocycles. The highest BCUT2D eigenvalue weighted by Crippen LogP contribution is 1.83. The van der Waals surface area contributed by atoms with Crippen molar-refractivity contribution in [1.82, 2.24) is 10.6 Å². The summed E-state index contributed by atoms with van der Waals surface area (Å²) < 4.78 is 28.9. The zero-order chi connectivity index (χ0) is 10.3. The van der Waals surface area contributed by atoms with Crippen LogP contribution in [0, 0.1) is 0 Å². The van der Waals surface area contributed by atoms with E-state index in [2.05, 4.69) is 10.6 Å². The largest absolute Gasteiger partial charge is 0.363 e. The molecule has 0 aliphatic heterocycles. The highest BCUT2D eigenvalue weighted by Gasteiger charge is 2.03. The molecule has 13 heavy (non-hydrogen) atoms. The first-order valence-electron chi connectivity index (χ1n) is 3.92. The Balaban J connectivity index is 3.53. The molecule has 7 heteroatoms. The Morgan fingerprint density at radius 2 is 2.08 bits per heavy atom. The van der Waals surface area contributed by atoms with Crippen molar-refractivity contribution < 1.29 is 13.0 Å². The first-order valence-corrected chi connectivity index (χ1v) is 5.94. The predicted octanol–water partition coefficient (Wildman–Crippen LogP) is 0.0959. The summed E-state index contributed by atoms with van der Waals surface area (Å²) in [6.45, 7) is 2.74. The fourth-order valence-corrected chi connectivity index (χ4v) is 1.19. The first kappa shape index (κ1) is 12.6. The number of hydrogen-bond donors (Lipinski definition) is 3. The van der Waals surface area contributed by atoms with Crippen molar-refractivity contribution in [3.63, 3.8) is 0 Å². The molecule has 5 nitrogen and oxygen atoms in total. The van der Waals surface area contributed by atoms with Gasteiger partial charge >= 0.3 is 0 Å². The molecule has 0 saturated heterocycles. The van der Waals surface area contributed by atoms with E-state index in [1.54, 1.807) is 0 Å². The van der Waals surface area contributed by atoms with Gasteiger partial charge in [-0.05, 0) is 18.6 Å².